The molecule has 0 spiro atoms. The Hall–Kier alpha value is -1.62. The van der Waals surface area contributed by atoms with Crippen LogP contribution in [-0.4, -0.2) is 22.7 Å². The lowest BCUT2D eigenvalue weighted by Crippen LogP contribution is -2.28. The van der Waals surface area contributed by atoms with Crippen molar-refractivity contribution >= 4 is 0 Å². The van der Waals surface area contributed by atoms with Crippen molar-refractivity contribution in [2.45, 2.75) is 32.2 Å². The molecule has 0 aliphatic heterocycles. The fraction of sp³-hybridized carbons (Fsp3) is 0.500. The minimum atomic E-state index is 0.451. The van der Waals surface area contributed by atoms with Gasteiger partial charge in [-0.2, -0.15) is 4.98 Å². The lowest BCUT2D eigenvalue weighted by atomic mass is 10.1. The van der Waals surface area contributed by atoms with E-state index in [9.17, 15) is 0 Å². The molecule has 2 heterocycles. The Morgan fingerprint density at radius 3 is 3.06 bits per heavy atom. The second kappa shape index (κ2) is 6.20. The molecule has 17 heavy (non-hydrogen) atoms. The number of hydrogen-bond donors (Lipinski definition) is 1. The van der Waals surface area contributed by atoms with Crippen LogP contribution in [0.5, 0.6) is 0 Å². The number of nitrogens with zero attached hydrogens (tertiary/aromatic N) is 2. The van der Waals surface area contributed by atoms with Crippen molar-refractivity contribution in [2.24, 2.45) is 0 Å². The maximum atomic E-state index is 5.29. The molecule has 0 saturated carbocycles. The Balaban J connectivity index is 1.59. The van der Waals surface area contributed by atoms with Gasteiger partial charge in [-0.3, -0.25) is 0 Å². The summed E-state index contributed by atoms with van der Waals surface area (Å²) in [7, 11) is 0. The number of hydrogen-bond acceptors (Lipinski definition) is 5. The van der Waals surface area contributed by atoms with Crippen LogP contribution in [0.1, 0.15) is 24.9 Å². The summed E-state index contributed by atoms with van der Waals surface area (Å²) in [5, 5.41) is 7.18. The summed E-state index contributed by atoms with van der Waals surface area (Å²) in [5.74, 6) is 1.78. The van der Waals surface area contributed by atoms with Crippen LogP contribution in [0.3, 0.4) is 0 Å². The van der Waals surface area contributed by atoms with Gasteiger partial charge < -0.3 is 14.3 Å². The molecule has 1 atom stereocenters. The van der Waals surface area contributed by atoms with Crippen LogP contribution in [0.2, 0.25) is 0 Å². The summed E-state index contributed by atoms with van der Waals surface area (Å²) >= 11 is 0. The van der Waals surface area contributed by atoms with Gasteiger partial charge in [0.25, 0.3) is 0 Å². The number of nitrogens with one attached hydrogen (secondary N) is 1. The van der Waals surface area contributed by atoms with E-state index in [-0.39, 0.29) is 0 Å². The van der Waals surface area contributed by atoms with E-state index < -0.39 is 0 Å². The molecule has 1 unspecified atom stereocenters. The second-order valence-corrected chi connectivity index (χ2v) is 4.07. The minimum absolute atomic E-state index is 0.451. The predicted octanol–water partition coefficient (Wildman–Crippen LogP) is 1.82. The molecule has 0 aliphatic carbocycles. The van der Waals surface area contributed by atoms with Gasteiger partial charge in [0, 0.05) is 25.4 Å². The normalized spacial score (nSPS) is 12.8. The van der Waals surface area contributed by atoms with Gasteiger partial charge in [0.1, 0.15) is 5.76 Å². The Bertz CT molecular complexity index is 397. The third kappa shape index (κ3) is 4.03. The molecule has 0 amide bonds. The lowest BCUT2D eigenvalue weighted by molar-refractivity contribution is 0.407. The quantitative estimate of drug-likeness (QED) is 0.793. The zero-order valence-corrected chi connectivity index (χ0v) is 9.93. The zero-order valence-electron chi connectivity index (χ0n) is 9.93. The van der Waals surface area contributed by atoms with Gasteiger partial charge in [0.15, 0.2) is 5.82 Å². The van der Waals surface area contributed by atoms with Crippen molar-refractivity contribution in [2.75, 3.05) is 6.54 Å². The van der Waals surface area contributed by atoms with E-state index in [2.05, 4.69) is 26.9 Å². The molecule has 5 nitrogen and oxygen atoms in total. The highest BCUT2D eigenvalue weighted by Gasteiger charge is 2.04. The van der Waals surface area contributed by atoms with Crippen molar-refractivity contribution in [1.29, 1.82) is 0 Å². The molecular weight excluding hydrogens is 218 g/mol. The van der Waals surface area contributed by atoms with E-state index >= 15 is 0 Å². The van der Waals surface area contributed by atoms with Crippen molar-refractivity contribution in [3.05, 3.63) is 36.4 Å². The predicted molar refractivity (Wildman–Crippen MR) is 62.5 cm³/mol. The standard InChI is InChI=1S/C12H17N3O2/c1-10(4-5-11-3-2-8-16-11)13-7-6-12-14-9-17-15-12/h2-3,8-10,13H,4-7H2,1H3. The maximum absolute atomic E-state index is 5.29. The summed E-state index contributed by atoms with van der Waals surface area (Å²) in [5.41, 5.74) is 0. The fourth-order valence-corrected chi connectivity index (χ4v) is 1.65. The lowest BCUT2D eigenvalue weighted by Gasteiger charge is -2.11. The highest BCUT2D eigenvalue weighted by molar-refractivity contribution is 4.98. The summed E-state index contributed by atoms with van der Waals surface area (Å²) in [6, 6.07) is 4.38. The molecule has 0 bridgehead atoms. The maximum Gasteiger partial charge on any atom is 0.213 e. The van der Waals surface area contributed by atoms with Crippen LogP contribution in [0, 0.1) is 0 Å². The number of aromatic nitrogens is 2. The Labute approximate surface area is 100 Å². The summed E-state index contributed by atoms with van der Waals surface area (Å²) in [6.45, 7) is 3.03. The minimum Gasteiger partial charge on any atom is -0.469 e. The molecule has 0 fully saturated rings. The van der Waals surface area contributed by atoms with E-state index in [0.717, 1.165) is 37.4 Å². The molecular formula is C12H17N3O2. The second-order valence-electron chi connectivity index (χ2n) is 4.07. The largest absolute Gasteiger partial charge is 0.469 e. The first-order valence-corrected chi connectivity index (χ1v) is 5.85. The van der Waals surface area contributed by atoms with E-state index in [1.165, 1.54) is 6.39 Å². The molecule has 0 aromatic carbocycles. The molecule has 2 rings (SSSR count). The smallest absolute Gasteiger partial charge is 0.213 e. The summed E-state index contributed by atoms with van der Waals surface area (Å²) in [6.07, 6.45) is 5.88. The third-order valence-corrected chi connectivity index (χ3v) is 2.65. The van der Waals surface area contributed by atoms with Gasteiger partial charge in [-0.05, 0) is 25.5 Å². The summed E-state index contributed by atoms with van der Waals surface area (Å²) < 4.78 is 9.95. The van der Waals surface area contributed by atoms with Crippen LogP contribution in [-0.2, 0) is 12.8 Å². The number of aryl methyl sites for hydroxylation is 1. The van der Waals surface area contributed by atoms with E-state index in [0.29, 0.717) is 6.04 Å². The van der Waals surface area contributed by atoms with E-state index in [1.54, 1.807) is 6.26 Å². The zero-order chi connectivity index (χ0) is 11.9. The molecule has 1 N–H and O–H groups in total. The number of furan rings is 1. The fourth-order valence-electron chi connectivity index (χ4n) is 1.65. The summed E-state index contributed by atoms with van der Waals surface area (Å²) in [4.78, 5) is 3.97. The first-order valence-electron chi connectivity index (χ1n) is 5.85. The first-order chi connectivity index (χ1) is 8.34. The molecule has 0 saturated heterocycles. The molecule has 92 valence electrons. The number of rotatable bonds is 7. The van der Waals surface area contributed by atoms with Gasteiger partial charge in [0.05, 0.1) is 6.26 Å². The Morgan fingerprint density at radius 2 is 2.35 bits per heavy atom. The van der Waals surface area contributed by atoms with Crippen molar-refractivity contribution < 1.29 is 8.94 Å². The van der Waals surface area contributed by atoms with Crippen molar-refractivity contribution in [3.8, 4) is 0 Å². The van der Waals surface area contributed by atoms with Crippen LogP contribution in [0.4, 0.5) is 0 Å². The third-order valence-electron chi connectivity index (χ3n) is 2.65. The van der Waals surface area contributed by atoms with Crippen molar-refractivity contribution in [1.82, 2.24) is 15.5 Å². The SMILES string of the molecule is CC(CCc1ccco1)NCCc1ncon1. The van der Waals surface area contributed by atoms with Crippen LogP contribution >= 0.6 is 0 Å². The topological polar surface area (TPSA) is 64.1 Å². The van der Waals surface area contributed by atoms with Crippen LogP contribution in [0.25, 0.3) is 0 Å². The highest BCUT2D eigenvalue weighted by Crippen LogP contribution is 2.05. The molecule has 5 heteroatoms. The average molecular weight is 235 g/mol. The van der Waals surface area contributed by atoms with Gasteiger partial charge in [-0.15, -0.1) is 0 Å². The van der Waals surface area contributed by atoms with Gasteiger partial charge in [-0.1, -0.05) is 5.16 Å². The highest BCUT2D eigenvalue weighted by atomic mass is 16.5. The average Bonchev–Trinajstić information content (AvgIpc) is 2.99. The molecule has 0 radical (unpaired) electrons. The Morgan fingerprint density at radius 1 is 1.41 bits per heavy atom. The molecule has 2 aromatic heterocycles. The monoisotopic (exact) mass is 235 g/mol. The van der Waals surface area contributed by atoms with Crippen LogP contribution in [0.15, 0.2) is 33.7 Å². The molecule has 2 aromatic rings. The van der Waals surface area contributed by atoms with Gasteiger partial charge in [0.2, 0.25) is 6.39 Å². The Kier molecular flexibility index (Phi) is 4.32. The van der Waals surface area contributed by atoms with E-state index in [4.69, 9.17) is 4.42 Å². The van der Waals surface area contributed by atoms with Gasteiger partial charge >= 0.3 is 0 Å². The van der Waals surface area contributed by atoms with Crippen molar-refractivity contribution in [3.63, 3.8) is 0 Å². The molecule has 0 aliphatic rings. The first kappa shape index (κ1) is 11.9. The van der Waals surface area contributed by atoms with Crippen LogP contribution < -0.4 is 5.32 Å². The van der Waals surface area contributed by atoms with Gasteiger partial charge in [-0.25, -0.2) is 0 Å². The van der Waals surface area contributed by atoms with E-state index in [1.807, 2.05) is 12.1 Å².